The summed E-state index contributed by atoms with van der Waals surface area (Å²) in [6.45, 7) is 1.78. The second-order valence-corrected chi connectivity index (χ2v) is 5.30. The molecule has 0 fully saturated rings. The van der Waals surface area contributed by atoms with Crippen LogP contribution in [0.25, 0.3) is 11.3 Å². The van der Waals surface area contributed by atoms with Gasteiger partial charge in [0.1, 0.15) is 17.7 Å². The maximum Gasteiger partial charge on any atom is 0.225 e. The monoisotopic (exact) mass is 323 g/mol. The third-order valence-electron chi connectivity index (χ3n) is 2.85. The standard InChI is InChI=1S/C16H13N5OS/c1-2-15(22)21-16-20-14(10-23-16)12-4-3-5-13(6-12)19-9-11(7-17)8-18/h3-6,9-10,19H,2H2,1H3,(H,20,21,22). The van der Waals surface area contributed by atoms with E-state index in [1.54, 1.807) is 19.1 Å². The molecular formula is C16H13N5OS. The van der Waals surface area contributed by atoms with E-state index in [9.17, 15) is 4.79 Å². The number of allylic oxidation sites excluding steroid dienone is 1. The minimum Gasteiger partial charge on any atom is -0.360 e. The third-order valence-corrected chi connectivity index (χ3v) is 3.61. The summed E-state index contributed by atoms with van der Waals surface area (Å²) >= 11 is 1.36. The second-order valence-electron chi connectivity index (χ2n) is 4.45. The van der Waals surface area contributed by atoms with Crippen LogP contribution in [0.2, 0.25) is 0 Å². The van der Waals surface area contributed by atoms with Crippen LogP contribution >= 0.6 is 11.3 Å². The Hall–Kier alpha value is -3.16. The normalized spacial score (nSPS) is 9.35. The number of hydrogen-bond donors (Lipinski definition) is 2. The van der Waals surface area contributed by atoms with E-state index in [2.05, 4.69) is 15.6 Å². The molecule has 2 N–H and O–H groups in total. The zero-order valence-corrected chi connectivity index (χ0v) is 13.1. The van der Waals surface area contributed by atoms with Crippen molar-refractivity contribution < 1.29 is 4.79 Å². The number of thiazole rings is 1. The lowest BCUT2D eigenvalue weighted by atomic mass is 10.1. The molecule has 23 heavy (non-hydrogen) atoms. The molecule has 0 saturated heterocycles. The van der Waals surface area contributed by atoms with Crippen molar-refractivity contribution in [3.8, 4) is 23.4 Å². The van der Waals surface area contributed by atoms with Gasteiger partial charge < -0.3 is 10.6 Å². The first-order valence-electron chi connectivity index (χ1n) is 6.79. The fraction of sp³-hybridized carbons (Fsp3) is 0.125. The van der Waals surface area contributed by atoms with Crippen LogP contribution in [-0.2, 0) is 4.79 Å². The van der Waals surface area contributed by atoms with Crippen LogP contribution < -0.4 is 10.6 Å². The molecule has 6 nitrogen and oxygen atoms in total. The Balaban J connectivity index is 2.17. The average Bonchev–Trinajstić information content (AvgIpc) is 3.04. The number of anilines is 2. The van der Waals surface area contributed by atoms with Gasteiger partial charge in [-0.2, -0.15) is 10.5 Å². The second kappa shape index (κ2) is 7.74. The molecule has 1 aromatic heterocycles. The van der Waals surface area contributed by atoms with E-state index in [-0.39, 0.29) is 11.5 Å². The highest BCUT2D eigenvalue weighted by molar-refractivity contribution is 7.14. The number of nitrogens with one attached hydrogen (secondary N) is 2. The van der Waals surface area contributed by atoms with Gasteiger partial charge in [0, 0.05) is 29.3 Å². The molecule has 1 amide bonds. The number of hydrogen-bond acceptors (Lipinski definition) is 6. The SMILES string of the molecule is CCC(=O)Nc1nc(-c2cccc(NC=C(C#N)C#N)c2)cs1. The fourth-order valence-electron chi connectivity index (χ4n) is 1.68. The molecule has 0 atom stereocenters. The highest BCUT2D eigenvalue weighted by Gasteiger charge is 2.07. The van der Waals surface area contributed by atoms with E-state index in [0.29, 0.717) is 11.6 Å². The fourth-order valence-corrected chi connectivity index (χ4v) is 2.42. The quantitative estimate of drug-likeness (QED) is 0.820. The molecule has 2 aromatic rings. The lowest BCUT2D eigenvalue weighted by molar-refractivity contribution is -0.115. The van der Waals surface area contributed by atoms with Crippen molar-refractivity contribution in [2.45, 2.75) is 13.3 Å². The molecule has 0 radical (unpaired) electrons. The first-order chi connectivity index (χ1) is 11.2. The van der Waals surface area contributed by atoms with Crippen LogP contribution in [-0.4, -0.2) is 10.9 Å². The first kappa shape index (κ1) is 16.2. The van der Waals surface area contributed by atoms with E-state index in [1.807, 2.05) is 29.6 Å². The number of aromatic nitrogens is 1. The van der Waals surface area contributed by atoms with Gasteiger partial charge in [-0.05, 0) is 12.1 Å². The largest absolute Gasteiger partial charge is 0.360 e. The summed E-state index contributed by atoms with van der Waals surface area (Å²) < 4.78 is 0. The van der Waals surface area contributed by atoms with Crippen LogP contribution in [0.15, 0.2) is 41.4 Å². The zero-order chi connectivity index (χ0) is 16.7. The molecule has 0 saturated carbocycles. The molecule has 1 aromatic carbocycles. The Morgan fingerprint density at radius 2 is 2.17 bits per heavy atom. The molecule has 0 aliphatic heterocycles. The number of amides is 1. The van der Waals surface area contributed by atoms with E-state index in [0.717, 1.165) is 16.9 Å². The van der Waals surface area contributed by atoms with Crippen molar-refractivity contribution in [2.24, 2.45) is 0 Å². The summed E-state index contributed by atoms with van der Waals surface area (Å²) in [5.41, 5.74) is 2.34. The average molecular weight is 323 g/mol. The Kier molecular flexibility index (Phi) is 5.45. The van der Waals surface area contributed by atoms with Gasteiger partial charge in [0.15, 0.2) is 5.13 Å². The van der Waals surface area contributed by atoms with Crippen molar-refractivity contribution in [2.75, 3.05) is 10.6 Å². The molecule has 7 heteroatoms. The molecule has 0 unspecified atom stereocenters. The van der Waals surface area contributed by atoms with E-state index in [1.165, 1.54) is 17.5 Å². The Morgan fingerprint density at radius 3 is 2.87 bits per heavy atom. The molecular weight excluding hydrogens is 310 g/mol. The predicted octanol–water partition coefficient (Wildman–Crippen LogP) is 3.50. The van der Waals surface area contributed by atoms with Crippen molar-refractivity contribution >= 4 is 28.1 Å². The highest BCUT2D eigenvalue weighted by atomic mass is 32.1. The van der Waals surface area contributed by atoms with Gasteiger partial charge in [-0.15, -0.1) is 11.3 Å². The van der Waals surface area contributed by atoms with Crippen molar-refractivity contribution in [3.63, 3.8) is 0 Å². The Labute approximate surface area is 137 Å². The molecule has 0 bridgehead atoms. The van der Waals surface area contributed by atoms with E-state index >= 15 is 0 Å². The van der Waals surface area contributed by atoms with Gasteiger partial charge in [-0.3, -0.25) is 4.79 Å². The summed E-state index contributed by atoms with van der Waals surface area (Å²) in [6.07, 6.45) is 1.76. The molecule has 0 aliphatic rings. The summed E-state index contributed by atoms with van der Waals surface area (Å²) in [5, 5.41) is 25.5. The number of carbonyl (C=O) groups is 1. The summed E-state index contributed by atoms with van der Waals surface area (Å²) in [5.74, 6) is -0.0769. The topological polar surface area (TPSA) is 102 Å². The van der Waals surface area contributed by atoms with Gasteiger partial charge in [0.2, 0.25) is 5.91 Å². The minimum atomic E-state index is -0.0769. The Bertz CT molecular complexity index is 809. The molecule has 0 aliphatic carbocycles. The van der Waals surface area contributed by atoms with Gasteiger partial charge >= 0.3 is 0 Å². The number of rotatable bonds is 5. The van der Waals surface area contributed by atoms with Crippen LogP contribution in [0.4, 0.5) is 10.8 Å². The van der Waals surface area contributed by atoms with Crippen molar-refractivity contribution in [1.82, 2.24) is 4.98 Å². The van der Waals surface area contributed by atoms with Gasteiger partial charge in [0.25, 0.3) is 0 Å². The molecule has 2 rings (SSSR count). The van der Waals surface area contributed by atoms with Crippen molar-refractivity contribution in [3.05, 3.63) is 41.4 Å². The maximum absolute atomic E-state index is 11.4. The van der Waals surface area contributed by atoms with E-state index < -0.39 is 0 Å². The first-order valence-corrected chi connectivity index (χ1v) is 7.67. The minimum absolute atomic E-state index is 0.00590. The zero-order valence-electron chi connectivity index (χ0n) is 12.3. The molecule has 1 heterocycles. The van der Waals surface area contributed by atoms with Crippen LogP contribution in [0.3, 0.4) is 0 Å². The summed E-state index contributed by atoms with van der Waals surface area (Å²) in [6, 6.07) is 11.0. The number of nitriles is 2. The third kappa shape index (κ3) is 4.40. The molecule has 114 valence electrons. The van der Waals surface area contributed by atoms with Crippen LogP contribution in [0.1, 0.15) is 13.3 Å². The highest BCUT2D eigenvalue weighted by Crippen LogP contribution is 2.26. The number of nitrogens with zero attached hydrogens (tertiary/aromatic N) is 3. The number of carbonyl (C=O) groups excluding carboxylic acids is 1. The summed E-state index contributed by atoms with van der Waals surface area (Å²) in [7, 11) is 0. The van der Waals surface area contributed by atoms with Gasteiger partial charge in [-0.25, -0.2) is 4.98 Å². The lowest BCUT2D eigenvalue weighted by Gasteiger charge is -2.03. The van der Waals surface area contributed by atoms with Crippen LogP contribution in [0, 0.1) is 22.7 Å². The predicted molar refractivity (Wildman–Crippen MR) is 89.4 cm³/mol. The summed E-state index contributed by atoms with van der Waals surface area (Å²) in [4.78, 5) is 15.7. The Morgan fingerprint density at radius 1 is 1.39 bits per heavy atom. The smallest absolute Gasteiger partial charge is 0.225 e. The maximum atomic E-state index is 11.4. The van der Waals surface area contributed by atoms with Crippen LogP contribution in [0.5, 0.6) is 0 Å². The van der Waals surface area contributed by atoms with E-state index in [4.69, 9.17) is 10.5 Å². The number of benzene rings is 1. The van der Waals surface area contributed by atoms with Gasteiger partial charge in [-0.1, -0.05) is 19.1 Å². The lowest BCUT2D eigenvalue weighted by Crippen LogP contribution is -2.08. The van der Waals surface area contributed by atoms with Crippen molar-refractivity contribution in [1.29, 1.82) is 10.5 Å². The molecule has 0 spiro atoms. The van der Waals surface area contributed by atoms with Gasteiger partial charge in [0.05, 0.1) is 5.69 Å².